The molecular formula is C10H20Si2. The lowest BCUT2D eigenvalue weighted by Gasteiger charge is -2.15. The molecule has 0 N–H and O–H groups in total. The monoisotopic (exact) mass is 196 g/mol. The molecule has 0 aliphatic rings. The maximum Gasteiger partial charge on any atom is 0.0941 e. The summed E-state index contributed by atoms with van der Waals surface area (Å²) in [6.45, 7) is 16.9. The molecule has 0 aliphatic heterocycles. The van der Waals surface area contributed by atoms with E-state index in [4.69, 9.17) is 0 Å². The van der Waals surface area contributed by atoms with E-state index in [2.05, 4.69) is 62.1 Å². The lowest BCUT2D eigenvalue weighted by Crippen LogP contribution is -2.24. The van der Waals surface area contributed by atoms with Gasteiger partial charge in [-0.15, -0.1) is 13.2 Å². The summed E-state index contributed by atoms with van der Waals surface area (Å²) in [5.74, 6) is 0. The van der Waals surface area contributed by atoms with Crippen molar-refractivity contribution in [2.24, 2.45) is 0 Å². The van der Waals surface area contributed by atoms with Crippen LogP contribution in [-0.4, -0.2) is 16.1 Å². The van der Waals surface area contributed by atoms with Gasteiger partial charge in [-0.3, -0.25) is 0 Å². The fourth-order valence-electron chi connectivity index (χ4n) is 0.566. The predicted octanol–water partition coefficient (Wildman–Crippen LogP) is 3.49. The summed E-state index contributed by atoms with van der Waals surface area (Å²) in [4.78, 5) is 0. The third-order valence-corrected chi connectivity index (χ3v) is 6.48. The zero-order valence-corrected chi connectivity index (χ0v) is 10.7. The highest BCUT2D eigenvalue weighted by molar-refractivity contribution is 6.91. The Bertz CT molecular complexity index is 178. The van der Waals surface area contributed by atoms with E-state index >= 15 is 0 Å². The van der Waals surface area contributed by atoms with E-state index in [1.54, 1.807) is 0 Å². The molecule has 2 heteroatoms. The van der Waals surface area contributed by atoms with Crippen LogP contribution < -0.4 is 0 Å². The number of hydrogen-bond acceptors (Lipinski definition) is 0. The summed E-state index contributed by atoms with van der Waals surface area (Å²) in [6, 6.07) is 0. The molecule has 0 unspecified atom stereocenters. The van der Waals surface area contributed by atoms with Crippen molar-refractivity contribution in [3.05, 3.63) is 36.0 Å². The van der Waals surface area contributed by atoms with Gasteiger partial charge in [0.25, 0.3) is 0 Å². The fourth-order valence-corrected chi connectivity index (χ4v) is 4.27. The summed E-state index contributed by atoms with van der Waals surface area (Å²) in [5.41, 5.74) is 8.95. The minimum Gasteiger partial charge on any atom is -0.107 e. The molecule has 0 aromatic rings. The molecule has 68 valence electrons. The first-order valence-electron chi connectivity index (χ1n) is 4.30. The Kier molecular flexibility index (Phi) is 3.93. The SMILES string of the molecule is C=C[Si](C)(C)C=C[Si](C)(C)C=C. The van der Waals surface area contributed by atoms with Crippen LogP contribution in [0.2, 0.25) is 26.2 Å². The summed E-state index contributed by atoms with van der Waals surface area (Å²) in [7, 11) is -2.47. The quantitative estimate of drug-likeness (QED) is 0.604. The zero-order valence-electron chi connectivity index (χ0n) is 8.72. The summed E-state index contributed by atoms with van der Waals surface area (Å²) < 4.78 is 0. The van der Waals surface area contributed by atoms with Crippen LogP contribution in [0.4, 0.5) is 0 Å². The van der Waals surface area contributed by atoms with Crippen molar-refractivity contribution in [2.45, 2.75) is 26.2 Å². The van der Waals surface area contributed by atoms with Crippen LogP contribution in [0.1, 0.15) is 0 Å². The smallest absolute Gasteiger partial charge is 0.0941 e. The van der Waals surface area contributed by atoms with E-state index in [9.17, 15) is 0 Å². The molecule has 12 heavy (non-hydrogen) atoms. The Hall–Kier alpha value is -0.346. The molecule has 0 saturated heterocycles. The standard InChI is InChI=1S/C10H20Si2/c1-7-11(3,4)9-10-12(5,6)8-2/h7-10H,1-2H2,3-6H3. The second-order valence-electron chi connectivity index (χ2n) is 4.38. The van der Waals surface area contributed by atoms with Crippen molar-refractivity contribution >= 4 is 16.1 Å². The molecule has 0 rings (SSSR count). The van der Waals surface area contributed by atoms with Gasteiger partial charge >= 0.3 is 0 Å². The van der Waals surface area contributed by atoms with Gasteiger partial charge in [0.1, 0.15) is 0 Å². The molecule has 0 radical (unpaired) electrons. The highest BCUT2D eigenvalue weighted by Gasteiger charge is 2.15. The molecule has 0 aromatic heterocycles. The molecule has 0 nitrogen and oxygen atoms in total. The van der Waals surface area contributed by atoms with Crippen molar-refractivity contribution in [1.82, 2.24) is 0 Å². The lowest BCUT2D eigenvalue weighted by molar-refractivity contribution is 1.80. The zero-order chi connectivity index (χ0) is 9.83. The Labute approximate surface area is 78.7 Å². The van der Waals surface area contributed by atoms with E-state index in [1.807, 2.05) is 0 Å². The second-order valence-corrected chi connectivity index (χ2v) is 13.2. The maximum absolute atomic E-state index is 3.86. The Morgan fingerprint density at radius 1 is 0.750 bits per heavy atom. The molecular weight excluding hydrogens is 176 g/mol. The van der Waals surface area contributed by atoms with Crippen LogP contribution in [-0.2, 0) is 0 Å². The largest absolute Gasteiger partial charge is 0.107 e. The summed E-state index contributed by atoms with van der Waals surface area (Å²) in [5, 5.41) is 0. The summed E-state index contributed by atoms with van der Waals surface area (Å²) in [6.07, 6.45) is 0. The van der Waals surface area contributed by atoms with Crippen LogP contribution in [0.3, 0.4) is 0 Å². The highest BCUT2D eigenvalue weighted by atomic mass is 28.3. The first-order chi connectivity index (χ1) is 5.33. The summed E-state index contributed by atoms with van der Waals surface area (Å²) >= 11 is 0. The van der Waals surface area contributed by atoms with Crippen molar-refractivity contribution in [3.63, 3.8) is 0 Å². The number of hydrogen-bond donors (Lipinski definition) is 0. The second kappa shape index (κ2) is 4.05. The molecule has 0 atom stereocenters. The first-order valence-corrected chi connectivity index (χ1v) is 10.6. The third kappa shape index (κ3) is 4.52. The minimum atomic E-state index is -1.23. The topological polar surface area (TPSA) is 0 Å². The highest BCUT2D eigenvalue weighted by Crippen LogP contribution is 2.10. The van der Waals surface area contributed by atoms with E-state index < -0.39 is 16.1 Å². The number of rotatable bonds is 4. The van der Waals surface area contributed by atoms with Gasteiger partial charge in [0.2, 0.25) is 0 Å². The van der Waals surface area contributed by atoms with E-state index in [1.165, 1.54) is 0 Å². The fraction of sp³-hybridized carbons (Fsp3) is 0.400. The normalized spacial score (nSPS) is 13.3. The molecule has 0 aromatic carbocycles. The third-order valence-electron chi connectivity index (χ3n) is 1.99. The average Bonchev–Trinajstić information content (AvgIpc) is 2.02. The average molecular weight is 196 g/mol. The van der Waals surface area contributed by atoms with Gasteiger partial charge in [0.15, 0.2) is 0 Å². The van der Waals surface area contributed by atoms with Crippen molar-refractivity contribution in [2.75, 3.05) is 0 Å². The first kappa shape index (κ1) is 11.7. The molecule has 0 bridgehead atoms. The molecule has 0 amide bonds. The Morgan fingerprint density at radius 2 is 1.00 bits per heavy atom. The van der Waals surface area contributed by atoms with Crippen LogP contribution in [0.15, 0.2) is 36.0 Å². The van der Waals surface area contributed by atoms with Crippen molar-refractivity contribution in [3.8, 4) is 0 Å². The van der Waals surface area contributed by atoms with Crippen LogP contribution in [0, 0.1) is 0 Å². The van der Waals surface area contributed by atoms with Crippen LogP contribution >= 0.6 is 0 Å². The molecule has 0 fully saturated rings. The van der Waals surface area contributed by atoms with Crippen molar-refractivity contribution < 1.29 is 0 Å². The Morgan fingerprint density at radius 3 is 1.17 bits per heavy atom. The van der Waals surface area contributed by atoms with Gasteiger partial charge < -0.3 is 0 Å². The van der Waals surface area contributed by atoms with E-state index in [0.29, 0.717) is 0 Å². The van der Waals surface area contributed by atoms with Gasteiger partial charge in [-0.05, 0) is 0 Å². The minimum absolute atomic E-state index is 1.23. The van der Waals surface area contributed by atoms with Gasteiger partial charge in [0.05, 0.1) is 16.1 Å². The maximum atomic E-state index is 3.86. The van der Waals surface area contributed by atoms with Gasteiger partial charge in [-0.2, -0.15) is 0 Å². The Balaban J connectivity index is 4.43. The predicted molar refractivity (Wildman–Crippen MR) is 64.5 cm³/mol. The van der Waals surface area contributed by atoms with Crippen LogP contribution in [0.25, 0.3) is 0 Å². The van der Waals surface area contributed by atoms with E-state index in [0.717, 1.165) is 0 Å². The van der Waals surface area contributed by atoms with Gasteiger partial charge in [0, 0.05) is 0 Å². The molecule has 0 heterocycles. The molecule has 0 spiro atoms. The van der Waals surface area contributed by atoms with Gasteiger partial charge in [-0.25, -0.2) is 0 Å². The molecule has 0 aliphatic carbocycles. The lowest BCUT2D eigenvalue weighted by atomic mass is 11.2. The van der Waals surface area contributed by atoms with E-state index in [-0.39, 0.29) is 0 Å². The van der Waals surface area contributed by atoms with Crippen molar-refractivity contribution in [1.29, 1.82) is 0 Å². The van der Waals surface area contributed by atoms with Gasteiger partial charge in [-0.1, -0.05) is 49.0 Å². The molecule has 0 saturated carbocycles. The van der Waals surface area contributed by atoms with Crippen LogP contribution in [0.5, 0.6) is 0 Å².